The third-order valence-electron chi connectivity index (χ3n) is 4.92. The summed E-state index contributed by atoms with van der Waals surface area (Å²) in [5.74, 6) is -2.84. The van der Waals surface area contributed by atoms with Crippen LogP contribution in [0.15, 0.2) is 24.3 Å². The number of urea groups is 1. The number of nitrogens with one attached hydrogen (secondary N) is 1. The highest BCUT2D eigenvalue weighted by molar-refractivity contribution is 6.33. The van der Waals surface area contributed by atoms with Crippen molar-refractivity contribution in [3.8, 4) is 0 Å². The molecule has 3 rings (SSSR count). The molecule has 2 saturated heterocycles. The molecule has 0 unspecified atom stereocenters. The molecule has 1 aromatic carbocycles. The van der Waals surface area contributed by atoms with Crippen molar-refractivity contribution in [2.75, 3.05) is 31.5 Å². The fourth-order valence-corrected chi connectivity index (χ4v) is 3.85. The molecular formula is C18H24ClF2N3O. The fourth-order valence-electron chi connectivity index (χ4n) is 3.66. The lowest BCUT2D eigenvalue weighted by Crippen LogP contribution is -2.45. The number of rotatable bonds is 3. The van der Waals surface area contributed by atoms with Crippen LogP contribution in [-0.4, -0.2) is 54.0 Å². The molecule has 0 aromatic heterocycles. The number of halogens is 3. The zero-order valence-electron chi connectivity index (χ0n) is 14.2. The number of amides is 2. The van der Waals surface area contributed by atoms with Crippen LogP contribution < -0.4 is 5.32 Å². The van der Waals surface area contributed by atoms with Crippen molar-refractivity contribution in [2.24, 2.45) is 0 Å². The summed E-state index contributed by atoms with van der Waals surface area (Å²) in [4.78, 5) is 16.1. The molecule has 2 heterocycles. The molecule has 1 N–H and O–H groups in total. The minimum atomic E-state index is -2.84. The monoisotopic (exact) mass is 371 g/mol. The number of carbonyl (C=O) groups is 1. The van der Waals surface area contributed by atoms with Gasteiger partial charge in [-0.3, -0.25) is 0 Å². The molecule has 7 heteroatoms. The van der Waals surface area contributed by atoms with E-state index in [-0.39, 0.29) is 6.42 Å². The maximum Gasteiger partial charge on any atom is 0.322 e. The van der Waals surface area contributed by atoms with Crippen LogP contribution in [0, 0.1) is 0 Å². The SMILES string of the molecule is O=C(Nc1ccccc1Cl)N1CC(F)(F)C[C@H]1CN1CCCCCC1. The second kappa shape index (κ2) is 7.87. The van der Waals surface area contributed by atoms with Gasteiger partial charge in [-0.15, -0.1) is 0 Å². The first-order chi connectivity index (χ1) is 11.9. The Labute approximate surface area is 152 Å². The van der Waals surface area contributed by atoms with Gasteiger partial charge in [0.1, 0.15) is 0 Å². The lowest BCUT2D eigenvalue weighted by atomic mass is 10.1. The third kappa shape index (κ3) is 4.82. The van der Waals surface area contributed by atoms with E-state index in [9.17, 15) is 13.6 Å². The average Bonchev–Trinajstić information content (AvgIpc) is 2.73. The van der Waals surface area contributed by atoms with Gasteiger partial charge < -0.3 is 15.1 Å². The van der Waals surface area contributed by atoms with Gasteiger partial charge in [-0.1, -0.05) is 36.6 Å². The molecule has 0 aliphatic carbocycles. The number of benzene rings is 1. The molecular weight excluding hydrogens is 348 g/mol. The van der Waals surface area contributed by atoms with Crippen molar-refractivity contribution in [1.82, 2.24) is 9.80 Å². The molecule has 2 aliphatic heterocycles. The van der Waals surface area contributed by atoms with Crippen LogP contribution in [0.2, 0.25) is 5.02 Å². The van der Waals surface area contributed by atoms with E-state index in [0.29, 0.717) is 17.3 Å². The van der Waals surface area contributed by atoms with Crippen LogP contribution in [0.1, 0.15) is 32.1 Å². The van der Waals surface area contributed by atoms with E-state index in [2.05, 4.69) is 10.2 Å². The molecule has 0 radical (unpaired) electrons. The summed E-state index contributed by atoms with van der Waals surface area (Å²) < 4.78 is 28.0. The van der Waals surface area contributed by atoms with Crippen molar-refractivity contribution >= 4 is 23.3 Å². The number of likely N-dealkylation sites (tertiary alicyclic amines) is 2. The Hall–Kier alpha value is -1.40. The van der Waals surface area contributed by atoms with Gasteiger partial charge >= 0.3 is 6.03 Å². The Balaban J connectivity index is 1.68. The summed E-state index contributed by atoms with van der Waals surface area (Å²) in [7, 11) is 0. The molecule has 0 bridgehead atoms. The molecule has 2 fully saturated rings. The molecule has 4 nitrogen and oxygen atoms in total. The summed E-state index contributed by atoms with van der Waals surface area (Å²) in [6.45, 7) is 1.80. The van der Waals surface area contributed by atoms with Gasteiger partial charge in [0.2, 0.25) is 0 Å². The Morgan fingerprint density at radius 3 is 2.56 bits per heavy atom. The highest BCUT2D eigenvalue weighted by Gasteiger charge is 2.47. The van der Waals surface area contributed by atoms with Crippen LogP contribution in [-0.2, 0) is 0 Å². The fraction of sp³-hybridized carbons (Fsp3) is 0.611. The van der Waals surface area contributed by atoms with E-state index in [0.717, 1.165) is 25.9 Å². The maximum absolute atomic E-state index is 14.0. The standard InChI is InChI=1S/C18H24ClF2N3O/c19-15-7-3-4-8-16(15)22-17(25)24-13-18(20,21)11-14(24)12-23-9-5-1-2-6-10-23/h3-4,7-8,14H,1-2,5-6,9-13H2,(H,22,25)/t14-/m0/s1. The summed E-state index contributed by atoms with van der Waals surface area (Å²) in [6.07, 6.45) is 4.28. The second-order valence-electron chi connectivity index (χ2n) is 6.97. The van der Waals surface area contributed by atoms with Gasteiger partial charge in [-0.2, -0.15) is 0 Å². The van der Waals surface area contributed by atoms with Gasteiger partial charge in [0.05, 0.1) is 23.3 Å². The number of hydrogen-bond acceptors (Lipinski definition) is 2. The zero-order chi connectivity index (χ0) is 17.9. The first-order valence-electron chi connectivity index (χ1n) is 8.87. The molecule has 1 atom stereocenters. The van der Waals surface area contributed by atoms with Gasteiger partial charge in [0.15, 0.2) is 0 Å². The van der Waals surface area contributed by atoms with Gasteiger partial charge in [-0.05, 0) is 38.1 Å². The highest BCUT2D eigenvalue weighted by Crippen LogP contribution is 2.33. The quantitative estimate of drug-likeness (QED) is 0.851. The van der Waals surface area contributed by atoms with Gasteiger partial charge in [0.25, 0.3) is 5.92 Å². The summed E-state index contributed by atoms with van der Waals surface area (Å²) >= 11 is 6.05. The van der Waals surface area contributed by atoms with Crippen LogP contribution in [0.3, 0.4) is 0 Å². The topological polar surface area (TPSA) is 35.6 Å². The Morgan fingerprint density at radius 1 is 1.20 bits per heavy atom. The summed E-state index contributed by atoms with van der Waals surface area (Å²) in [6, 6.07) is 5.84. The molecule has 138 valence electrons. The minimum absolute atomic E-state index is 0.278. The predicted molar refractivity (Wildman–Crippen MR) is 95.4 cm³/mol. The number of carbonyl (C=O) groups excluding carboxylic acids is 1. The van der Waals surface area contributed by atoms with Crippen molar-refractivity contribution in [1.29, 1.82) is 0 Å². The molecule has 0 saturated carbocycles. The predicted octanol–water partition coefficient (Wildman–Crippen LogP) is 4.46. The van der Waals surface area contributed by atoms with E-state index >= 15 is 0 Å². The normalized spacial score (nSPS) is 24.1. The third-order valence-corrected chi connectivity index (χ3v) is 5.25. The Morgan fingerprint density at radius 2 is 1.88 bits per heavy atom. The lowest BCUT2D eigenvalue weighted by molar-refractivity contribution is 0.0148. The van der Waals surface area contributed by atoms with E-state index in [4.69, 9.17) is 11.6 Å². The van der Waals surface area contributed by atoms with Crippen LogP contribution in [0.4, 0.5) is 19.3 Å². The van der Waals surface area contributed by atoms with E-state index < -0.39 is 24.5 Å². The highest BCUT2D eigenvalue weighted by atomic mass is 35.5. The zero-order valence-corrected chi connectivity index (χ0v) is 14.9. The molecule has 1 aromatic rings. The number of hydrogen-bond donors (Lipinski definition) is 1. The maximum atomic E-state index is 14.0. The summed E-state index contributed by atoms with van der Waals surface area (Å²) in [5, 5.41) is 3.07. The average molecular weight is 372 g/mol. The van der Waals surface area contributed by atoms with E-state index in [1.54, 1.807) is 24.3 Å². The minimum Gasteiger partial charge on any atom is -0.314 e. The Kier molecular flexibility index (Phi) is 5.79. The van der Waals surface area contributed by atoms with Gasteiger partial charge in [0, 0.05) is 13.0 Å². The van der Waals surface area contributed by atoms with E-state index in [1.165, 1.54) is 17.7 Å². The molecule has 0 spiro atoms. The lowest BCUT2D eigenvalue weighted by Gasteiger charge is -2.29. The van der Waals surface area contributed by atoms with Gasteiger partial charge in [-0.25, -0.2) is 13.6 Å². The number of alkyl halides is 2. The van der Waals surface area contributed by atoms with Crippen molar-refractivity contribution in [3.05, 3.63) is 29.3 Å². The van der Waals surface area contributed by atoms with Crippen LogP contribution in [0.5, 0.6) is 0 Å². The summed E-state index contributed by atoms with van der Waals surface area (Å²) in [5.41, 5.74) is 0.443. The van der Waals surface area contributed by atoms with Crippen LogP contribution in [0.25, 0.3) is 0 Å². The smallest absolute Gasteiger partial charge is 0.314 e. The first-order valence-corrected chi connectivity index (χ1v) is 9.25. The van der Waals surface area contributed by atoms with E-state index in [1.807, 2.05) is 0 Å². The number of anilines is 1. The van der Waals surface area contributed by atoms with Crippen molar-refractivity contribution < 1.29 is 13.6 Å². The van der Waals surface area contributed by atoms with Crippen LogP contribution >= 0.6 is 11.6 Å². The Bertz CT molecular complexity index is 606. The molecule has 2 amide bonds. The molecule has 25 heavy (non-hydrogen) atoms. The number of nitrogens with zero attached hydrogens (tertiary/aromatic N) is 2. The largest absolute Gasteiger partial charge is 0.322 e. The van der Waals surface area contributed by atoms with Crippen molar-refractivity contribution in [3.63, 3.8) is 0 Å². The molecule has 2 aliphatic rings. The number of para-hydroxylation sites is 1. The van der Waals surface area contributed by atoms with Crippen molar-refractivity contribution in [2.45, 2.75) is 44.1 Å². The second-order valence-corrected chi connectivity index (χ2v) is 7.37. The first kappa shape index (κ1) is 18.4.